The fourth-order valence-electron chi connectivity index (χ4n) is 1.27. The summed E-state index contributed by atoms with van der Waals surface area (Å²) in [6.45, 7) is 3.99. The van der Waals surface area contributed by atoms with E-state index in [4.69, 9.17) is 4.84 Å². The summed E-state index contributed by atoms with van der Waals surface area (Å²) in [5.41, 5.74) is 3.00. The zero-order valence-corrected chi connectivity index (χ0v) is 8.11. The van der Waals surface area contributed by atoms with Crippen molar-refractivity contribution in [2.75, 3.05) is 11.9 Å². The zero-order chi connectivity index (χ0) is 10.1. The highest BCUT2D eigenvalue weighted by atomic mass is 16.9. The number of cyclic esters (lactones) is 1. The molecule has 1 heterocycles. The molecule has 4 nitrogen and oxygen atoms in total. The maximum atomic E-state index is 11.1. The van der Waals surface area contributed by atoms with Gasteiger partial charge < -0.3 is 4.74 Å². The molecular weight excluding hydrogens is 182 g/mol. The van der Waals surface area contributed by atoms with E-state index >= 15 is 0 Å². The van der Waals surface area contributed by atoms with Crippen LogP contribution >= 0.6 is 0 Å². The second-order valence-electron chi connectivity index (χ2n) is 3.22. The summed E-state index contributed by atoms with van der Waals surface area (Å²) in [7, 11) is 0. The Balaban J connectivity index is 2.32. The summed E-state index contributed by atoms with van der Waals surface area (Å²) in [6, 6.07) is 5.66. The third-order valence-electron chi connectivity index (χ3n) is 2.26. The molecule has 0 radical (unpaired) electrons. The van der Waals surface area contributed by atoms with Crippen LogP contribution in [0.15, 0.2) is 18.2 Å². The molecule has 0 aromatic heterocycles. The molecule has 1 saturated heterocycles. The van der Waals surface area contributed by atoms with E-state index in [1.807, 2.05) is 32.0 Å². The minimum Gasteiger partial charge on any atom is -0.418 e. The summed E-state index contributed by atoms with van der Waals surface area (Å²) in [5.74, 6) is 0. The van der Waals surface area contributed by atoms with Crippen molar-refractivity contribution < 1.29 is 14.4 Å². The fourth-order valence-corrected chi connectivity index (χ4v) is 1.27. The van der Waals surface area contributed by atoms with Crippen LogP contribution < -0.4 is 5.06 Å². The van der Waals surface area contributed by atoms with Gasteiger partial charge in [0.1, 0.15) is 0 Å². The lowest BCUT2D eigenvalue weighted by Crippen LogP contribution is -2.21. The minimum atomic E-state index is -0.465. The van der Waals surface area contributed by atoms with Gasteiger partial charge in [0.2, 0.25) is 6.79 Å². The summed E-state index contributed by atoms with van der Waals surface area (Å²) in [6.07, 6.45) is -0.465. The molecule has 0 saturated carbocycles. The number of ether oxygens (including phenoxy) is 1. The van der Waals surface area contributed by atoms with Gasteiger partial charge >= 0.3 is 6.09 Å². The first-order valence-corrected chi connectivity index (χ1v) is 4.35. The number of hydrogen-bond acceptors (Lipinski definition) is 3. The number of carbonyl (C=O) groups excluding carboxylic acids is 1. The summed E-state index contributed by atoms with van der Waals surface area (Å²) in [5, 5.41) is 1.16. The van der Waals surface area contributed by atoms with E-state index in [2.05, 4.69) is 4.74 Å². The minimum absolute atomic E-state index is 0.00818. The molecular formula is C10H11NO3. The van der Waals surface area contributed by atoms with Crippen molar-refractivity contribution in [2.45, 2.75) is 13.8 Å². The van der Waals surface area contributed by atoms with Crippen LogP contribution in [0.25, 0.3) is 0 Å². The van der Waals surface area contributed by atoms with Crippen LogP contribution in [0.5, 0.6) is 0 Å². The van der Waals surface area contributed by atoms with E-state index < -0.39 is 6.09 Å². The predicted octanol–water partition coefficient (Wildman–Crippen LogP) is 2.15. The van der Waals surface area contributed by atoms with Crippen molar-refractivity contribution in [3.8, 4) is 0 Å². The van der Waals surface area contributed by atoms with E-state index in [1.165, 1.54) is 5.56 Å². The molecule has 0 spiro atoms. The Hall–Kier alpha value is -1.55. The maximum absolute atomic E-state index is 11.1. The molecule has 0 bridgehead atoms. The van der Waals surface area contributed by atoms with Crippen LogP contribution in [-0.4, -0.2) is 12.9 Å². The highest BCUT2D eigenvalue weighted by Crippen LogP contribution is 2.22. The first-order chi connectivity index (χ1) is 6.68. The largest absolute Gasteiger partial charge is 0.441 e. The Morgan fingerprint density at radius 1 is 1.29 bits per heavy atom. The van der Waals surface area contributed by atoms with Crippen LogP contribution in [0.3, 0.4) is 0 Å². The Bertz CT molecular complexity index is 376. The third kappa shape index (κ3) is 1.44. The van der Waals surface area contributed by atoms with Gasteiger partial charge in [-0.25, -0.2) is 9.63 Å². The van der Waals surface area contributed by atoms with E-state index in [0.717, 1.165) is 10.6 Å². The van der Waals surface area contributed by atoms with Gasteiger partial charge in [0.25, 0.3) is 0 Å². The molecule has 1 aliphatic heterocycles. The van der Waals surface area contributed by atoms with Gasteiger partial charge in [0.15, 0.2) is 0 Å². The average molecular weight is 193 g/mol. The zero-order valence-electron chi connectivity index (χ0n) is 8.11. The highest BCUT2D eigenvalue weighted by molar-refractivity contribution is 5.86. The number of nitrogens with zero attached hydrogens (tertiary/aromatic N) is 1. The number of aryl methyl sites for hydroxylation is 2. The molecule has 0 N–H and O–H groups in total. The highest BCUT2D eigenvalue weighted by Gasteiger charge is 2.25. The molecule has 1 aromatic carbocycles. The standard InChI is InChI=1S/C10H11NO3/c1-7-3-4-9(5-8(7)2)11-10(12)13-6-14-11/h3-5H,6H2,1-2H3. The van der Waals surface area contributed by atoms with Crippen molar-refractivity contribution in [1.29, 1.82) is 0 Å². The van der Waals surface area contributed by atoms with Crippen LogP contribution in [0, 0.1) is 13.8 Å². The normalized spacial score (nSPS) is 15.9. The molecule has 1 aromatic rings. The van der Waals surface area contributed by atoms with Gasteiger partial charge in [0.05, 0.1) is 5.69 Å². The van der Waals surface area contributed by atoms with Crippen LogP contribution in [0.1, 0.15) is 11.1 Å². The Morgan fingerprint density at radius 2 is 2.07 bits per heavy atom. The smallest absolute Gasteiger partial charge is 0.418 e. The fraction of sp³-hybridized carbons (Fsp3) is 0.300. The Morgan fingerprint density at radius 3 is 2.64 bits per heavy atom. The van der Waals surface area contributed by atoms with Crippen molar-refractivity contribution in [1.82, 2.24) is 0 Å². The summed E-state index contributed by atoms with van der Waals surface area (Å²) in [4.78, 5) is 16.2. The third-order valence-corrected chi connectivity index (χ3v) is 2.26. The second kappa shape index (κ2) is 3.31. The number of amides is 1. The first-order valence-electron chi connectivity index (χ1n) is 4.35. The van der Waals surface area contributed by atoms with Crippen LogP contribution in [0.2, 0.25) is 0 Å². The summed E-state index contributed by atoms with van der Waals surface area (Å²) < 4.78 is 4.65. The lowest BCUT2D eigenvalue weighted by Gasteiger charge is -2.11. The lowest BCUT2D eigenvalue weighted by atomic mass is 10.1. The molecule has 1 amide bonds. The number of benzene rings is 1. The van der Waals surface area contributed by atoms with Crippen LogP contribution in [-0.2, 0) is 9.57 Å². The van der Waals surface area contributed by atoms with Crippen molar-refractivity contribution in [2.24, 2.45) is 0 Å². The number of carbonyl (C=O) groups is 1. The number of rotatable bonds is 1. The van der Waals surface area contributed by atoms with Gasteiger partial charge in [-0.15, -0.1) is 5.06 Å². The molecule has 14 heavy (non-hydrogen) atoms. The lowest BCUT2D eigenvalue weighted by molar-refractivity contribution is 0.0704. The van der Waals surface area contributed by atoms with Gasteiger partial charge in [-0.3, -0.25) is 0 Å². The molecule has 0 unspecified atom stereocenters. The average Bonchev–Trinajstić information content (AvgIpc) is 2.57. The number of hydrogen-bond donors (Lipinski definition) is 0. The molecule has 0 atom stereocenters. The quantitative estimate of drug-likeness (QED) is 0.686. The topological polar surface area (TPSA) is 38.8 Å². The Kier molecular flexibility index (Phi) is 2.13. The van der Waals surface area contributed by atoms with E-state index in [9.17, 15) is 4.79 Å². The van der Waals surface area contributed by atoms with E-state index in [-0.39, 0.29) is 6.79 Å². The van der Waals surface area contributed by atoms with Crippen LogP contribution in [0.4, 0.5) is 10.5 Å². The SMILES string of the molecule is Cc1ccc(N2OCOC2=O)cc1C. The number of anilines is 1. The van der Waals surface area contributed by atoms with E-state index in [1.54, 1.807) is 0 Å². The van der Waals surface area contributed by atoms with Crippen molar-refractivity contribution in [3.05, 3.63) is 29.3 Å². The molecule has 74 valence electrons. The molecule has 1 aliphatic rings. The van der Waals surface area contributed by atoms with E-state index in [0.29, 0.717) is 5.69 Å². The number of hydroxylamine groups is 1. The van der Waals surface area contributed by atoms with Gasteiger partial charge in [0, 0.05) is 0 Å². The van der Waals surface area contributed by atoms with Gasteiger partial charge in [-0.05, 0) is 37.1 Å². The second-order valence-corrected chi connectivity index (χ2v) is 3.22. The van der Waals surface area contributed by atoms with Gasteiger partial charge in [-0.1, -0.05) is 6.07 Å². The Labute approximate surface area is 82.0 Å². The molecule has 0 aliphatic carbocycles. The summed E-state index contributed by atoms with van der Waals surface area (Å²) >= 11 is 0. The maximum Gasteiger partial charge on any atom is 0.441 e. The van der Waals surface area contributed by atoms with Gasteiger partial charge in [-0.2, -0.15) is 0 Å². The monoisotopic (exact) mass is 193 g/mol. The predicted molar refractivity (Wildman–Crippen MR) is 50.8 cm³/mol. The van der Waals surface area contributed by atoms with Crippen molar-refractivity contribution in [3.63, 3.8) is 0 Å². The molecule has 2 rings (SSSR count). The molecule has 1 fully saturated rings. The first kappa shape index (κ1) is 9.02. The molecule has 4 heteroatoms. The van der Waals surface area contributed by atoms with Crippen molar-refractivity contribution >= 4 is 11.8 Å².